The molecule has 0 spiro atoms. The molecule has 0 aliphatic carbocycles. The molecule has 0 saturated carbocycles. The molecule has 1 unspecified atom stereocenters. The minimum atomic E-state index is -0.820. The number of carbonyl (C=O) groups excluding carboxylic acids is 1. The maximum Gasteiger partial charge on any atom is 0.317 e. The lowest BCUT2D eigenvalue weighted by Crippen LogP contribution is -2.41. The fraction of sp³-hybridized carbons (Fsp3) is 0.619. The fourth-order valence-electron chi connectivity index (χ4n) is 3.39. The molecule has 1 aliphatic rings. The second-order valence-electron chi connectivity index (χ2n) is 7.85. The van der Waals surface area contributed by atoms with Gasteiger partial charge in [0.25, 0.3) is 0 Å². The van der Waals surface area contributed by atoms with Gasteiger partial charge in [0, 0.05) is 31.2 Å². The van der Waals surface area contributed by atoms with Gasteiger partial charge in [-0.1, -0.05) is 32.0 Å². The Morgan fingerprint density at radius 2 is 2.04 bits per heavy atom. The van der Waals surface area contributed by atoms with Crippen LogP contribution in [-0.2, 0) is 11.3 Å². The van der Waals surface area contributed by atoms with Gasteiger partial charge in [-0.15, -0.1) is 0 Å². The number of benzene rings is 1. The van der Waals surface area contributed by atoms with Crippen LogP contribution in [0.3, 0.4) is 0 Å². The minimum Gasteiger partial charge on any atom is -0.493 e. The number of hydrogen-bond acceptors (Lipinski definition) is 4. The van der Waals surface area contributed by atoms with Gasteiger partial charge in [-0.25, -0.2) is 4.79 Å². The number of carboxylic acids is 1. The van der Waals surface area contributed by atoms with Crippen molar-refractivity contribution < 1.29 is 19.4 Å². The molecule has 28 heavy (non-hydrogen) atoms. The van der Waals surface area contributed by atoms with E-state index in [2.05, 4.69) is 19.2 Å². The van der Waals surface area contributed by atoms with E-state index in [1.165, 1.54) is 0 Å². The number of hydrogen-bond donors (Lipinski definition) is 2. The molecule has 1 aromatic rings. The van der Waals surface area contributed by atoms with Crippen molar-refractivity contribution in [1.29, 1.82) is 0 Å². The molecule has 1 heterocycles. The monoisotopic (exact) mass is 391 g/mol. The molecular formula is C21H33N3O4. The van der Waals surface area contributed by atoms with E-state index in [1.807, 2.05) is 41.1 Å². The minimum absolute atomic E-state index is 0.0318. The first kappa shape index (κ1) is 22.0. The van der Waals surface area contributed by atoms with Crippen LogP contribution in [-0.4, -0.2) is 66.2 Å². The zero-order valence-electron chi connectivity index (χ0n) is 17.2. The first-order valence-electron chi connectivity index (χ1n) is 10.0. The highest BCUT2D eigenvalue weighted by Crippen LogP contribution is 2.19. The van der Waals surface area contributed by atoms with Crippen molar-refractivity contribution >= 4 is 12.0 Å². The summed E-state index contributed by atoms with van der Waals surface area (Å²) >= 11 is 0. The van der Waals surface area contributed by atoms with E-state index in [0.29, 0.717) is 32.2 Å². The van der Waals surface area contributed by atoms with E-state index in [1.54, 1.807) is 0 Å². The van der Waals surface area contributed by atoms with Gasteiger partial charge in [0.15, 0.2) is 0 Å². The fourth-order valence-corrected chi connectivity index (χ4v) is 3.39. The lowest BCUT2D eigenvalue weighted by atomic mass is 10.1. The highest BCUT2D eigenvalue weighted by atomic mass is 16.5. The molecule has 2 rings (SSSR count). The molecule has 7 heteroatoms. The second kappa shape index (κ2) is 10.9. The lowest BCUT2D eigenvalue weighted by molar-refractivity contribution is -0.138. The summed E-state index contributed by atoms with van der Waals surface area (Å²) in [5, 5.41) is 12.0. The number of likely N-dealkylation sites (N-methyl/N-ethyl adjacent to an activating group) is 1. The number of nitrogens with zero attached hydrogens (tertiary/aromatic N) is 2. The summed E-state index contributed by atoms with van der Waals surface area (Å²) < 4.78 is 5.85. The standard InChI is InChI=1S/C21H33N3O4/c1-16(2)15-28-19-9-5-4-7-17(19)13-22-21(27)24-11-6-8-18(10-12-24)23(3)14-20(25)26/h4-5,7,9,16,18H,6,8,10-15H2,1-3H3,(H,22,27)(H,25,26). The van der Waals surface area contributed by atoms with Crippen LogP contribution < -0.4 is 10.1 Å². The largest absolute Gasteiger partial charge is 0.493 e. The third kappa shape index (κ3) is 7.03. The Kier molecular flexibility index (Phi) is 8.57. The summed E-state index contributed by atoms with van der Waals surface area (Å²) in [5.41, 5.74) is 0.963. The maximum atomic E-state index is 12.6. The van der Waals surface area contributed by atoms with Crippen LogP contribution in [0.5, 0.6) is 5.75 Å². The molecule has 1 fully saturated rings. The average molecular weight is 392 g/mol. The summed E-state index contributed by atoms with van der Waals surface area (Å²) in [6.45, 7) is 6.62. The summed E-state index contributed by atoms with van der Waals surface area (Å²) in [5.74, 6) is 0.425. The number of urea groups is 1. The predicted molar refractivity (Wildman–Crippen MR) is 108 cm³/mol. The van der Waals surface area contributed by atoms with Crippen LogP contribution in [0, 0.1) is 5.92 Å². The van der Waals surface area contributed by atoms with Crippen molar-refractivity contribution in [2.24, 2.45) is 5.92 Å². The Labute approximate surface area is 167 Å². The van der Waals surface area contributed by atoms with E-state index in [0.717, 1.165) is 30.6 Å². The van der Waals surface area contributed by atoms with Gasteiger partial charge in [0.05, 0.1) is 13.2 Å². The Hall–Kier alpha value is -2.28. The molecule has 1 saturated heterocycles. The van der Waals surface area contributed by atoms with Gasteiger partial charge in [-0.3, -0.25) is 9.69 Å². The van der Waals surface area contributed by atoms with Crippen LogP contribution in [0.4, 0.5) is 4.79 Å². The molecule has 2 N–H and O–H groups in total. The summed E-state index contributed by atoms with van der Waals surface area (Å²) in [6.07, 6.45) is 2.56. The first-order chi connectivity index (χ1) is 13.4. The molecule has 1 atom stereocenters. The molecule has 2 amide bonds. The number of aliphatic carboxylic acids is 1. The van der Waals surface area contributed by atoms with E-state index < -0.39 is 5.97 Å². The quantitative estimate of drug-likeness (QED) is 0.712. The van der Waals surface area contributed by atoms with Crippen LogP contribution in [0.15, 0.2) is 24.3 Å². The summed E-state index contributed by atoms with van der Waals surface area (Å²) in [7, 11) is 1.84. The summed E-state index contributed by atoms with van der Waals surface area (Å²) in [4.78, 5) is 27.2. The third-order valence-corrected chi connectivity index (χ3v) is 4.97. The van der Waals surface area contributed by atoms with Crippen molar-refractivity contribution in [3.8, 4) is 5.75 Å². The number of rotatable bonds is 8. The number of nitrogens with one attached hydrogen (secondary N) is 1. The van der Waals surface area contributed by atoms with Crippen LogP contribution in [0.1, 0.15) is 38.7 Å². The Morgan fingerprint density at radius 3 is 2.75 bits per heavy atom. The molecule has 1 aliphatic heterocycles. The number of carbonyl (C=O) groups is 2. The van der Waals surface area contributed by atoms with Crippen LogP contribution >= 0.6 is 0 Å². The Balaban J connectivity index is 1.86. The van der Waals surface area contributed by atoms with E-state index in [-0.39, 0.29) is 18.6 Å². The first-order valence-corrected chi connectivity index (χ1v) is 10.0. The lowest BCUT2D eigenvalue weighted by Gasteiger charge is -2.25. The topological polar surface area (TPSA) is 82.1 Å². The smallest absolute Gasteiger partial charge is 0.317 e. The highest BCUT2D eigenvalue weighted by molar-refractivity contribution is 5.74. The molecule has 0 bridgehead atoms. The molecule has 0 radical (unpaired) electrons. The maximum absolute atomic E-state index is 12.6. The zero-order chi connectivity index (χ0) is 20.5. The number of carboxylic acid groups (broad SMARTS) is 1. The molecule has 156 valence electrons. The van der Waals surface area contributed by atoms with Gasteiger partial charge in [0.1, 0.15) is 5.75 Å². The van der Waals surface area contributed by atoms with Crippen LogP contribution in [0.2, 0.25) is 0 Å². The molecule has 1 aromatic carbocycles. The van der Waals surface area contributed by atoms with E-state index >= 15 is 0 Å². The van der Waals surface area contributed by atoms with Gasteiger partial charge in [-0.05, 0) is 38.3 Å². The molecule has 0 aromatic heterocycles. The number of amides is 2. The SMILES string of the molecule is CC(C)COc1ccccc1CNC(=O)N1CCCC(N(C)CC(=O)O)CC1. The third-order valence-electron chi connectivity index (χ3n) is 4.97. The van der Waals surface area contributed by atoms with Gasteiger partial charge in [0.2, 0.25) is 0 Å². The van der Waals surface area contributed by atoms with E-state index in [9.17, 15) is 9.59 Å². The number of likely N-dealkylation sites (tertiary alicyclic amines) is 1. The average Bonchev–Trinajstić information content (AvgIpc) is 2.91. The predicted octanol–water partition coefficient (Wildman–Crippen LogP) is 2.80. The van der Waals surface area contributed by atoms with Crippen molar-refractivity contribution in [3.05, 3.63) is 29.8 Å². The zero-order valence-corrected chi connectivity index (χ0v) is 17.2. The van der Waals surface area contributed by atoms with Gasteiger partial charge < -0.3 is 20.1 Å². The van der Waals surface area contributed by atoms with Crippen molar-refractivity contribution in [2.45, 2.75) is 45.7 Å². The number of ether oxygens (including phenoxy) is 1. The van der Waals surface area contributed by atoms with Crippen LogP contribution in [0.25, 0.3) is 0 Å². The van der Waals surface area contributed by atoms with Gasteiger partial charge >= 0.3 is 12.0 Å². The molecular weight excluding hydrogens is 358 g/mol. The van der Waals surface area contributed by atoms with Crippen molar-refractivity contribution in [2.75, 3.05) is 33.3 Å². The summed E-state index contributed by atoms with van der Waals surface area (Å²) in [6, 6.07) is 7.88. The van der Waals surface area contributed by atoms with Crippen molar-refractivity contribution in [3.63, 3.8) is 0 Å². The second-order valence-corrected chi connectivity index (χ2v) is 7.85. The highest BCUT2D eigenvalue weighted by Gasteiger charge is 2.24. The Morgan fingerprint density at radius 1 is 1.29 bits per heavy atom. The number of para-hydroxylation sites is 1. The van der Waals surface area contributed by atoms with E-state index in [4.69, 9.17) is 9.84 Å². The molecule has 7 nitrogen and oxygen atoms in total. The normalized spacial score (nSPS) is 17.5. The van der Waals surface area contributed by atoms with Crippen molar-refractivity contribution in [1.82, 2.24) is 15.1 Å². The van der Waals surface area contributed by atoms with Gasteiger partial charge in [-0.2, -0.15) is 0 Å². The Bertz CT molecular complexity index is 650.